The van der Waals surface area contributed by atoms with E-state index in [9.17, 15) is 5.11 Å². The molecule has 0 amide bonds. The lowest BCUT2D eigenvalue weighted by Gasteiger charge is -2.11. The number of hydrogen-bond donors (Lipinski definition) is 1. The van der Waals surface area contributed by atoms with Crippen LogP contribution in [0.5, 0.6) is 5.75 Å². The van der Waals surface area contributed by atoms with Gasteiger partial charge in [-0.2, -0.15) is 0 Å². The second kappa shape index (κ2) is 4.62. The highest BCUT2D eigenvalue weighted by Gasteiger charge is 2.07. The van der Waals surface area contributed by atoms with Crippen LogP contribution >= 0.6 is 0 Å². The van der Waals surface area contributed by atoms with Crippen LogP contribution in [0.1, 0.15) is 30.9 Å². The maximum absolute atomic E-state index is 9.81. The van der Waals surface area contributed by atoms with E-state index in [2.05, 4.69) is 51.1 Å². The molecule has 1 nitrogen and oxygen atoms in total. The van der Waals surface area contributed by atoms with Crippen LogP contribution in [0.4, 0.5) is 0 Å². The number of aryl methyl sites for hydroxylation is 1. The molecule has 2 rings (SSSR count). The van der Waals surface area contributed by atoms with Crippen molar-refractivity contribution in [2.75, 3.05) is 0 Å². The average Bonchev–Trinajstić information content (AvgIpc) is 2.29. The Bertz CT molecular complexity index is 527. The standard InChI is InChI=1S/C16H18O/c1-11(2)15-10-14(7-8-16(15)17)13-6-4-5-12(3)9-13/h4-11,17H,1-3H3. The first-order valence-corrected chi connectivity index (χ1v) is 5.98. The topological polar surface area (TPSA) is 20.2 Å². The van der Waals surface area contributed by atoms with Gasteiger partial charge in [0.2, 0.25) is 0 Å². The molecule has 0 bridgehead atoms. The van der Waals surface area contributed by atoms with Gasteiger partial charge in [0, 0.05) is 0 Å². The highest BCUT2D eigenvalue weighted by molar-refractivity contribution is 5.66. The lowest BCUT2D eigenvalue weighted by atomic mass is 9.96. The Morgan fingerprint density at radius 1 is 0.941 bits per heavy atom. The van der Waals surface area contributed by atoms with Crippen LogP contribution in [-0.2, 0) is 0 Å². The van der Waals surface area contributed by atoms with Crippen molar-refractivity contribution in [2.24, 2.45) is 0 Å². The molecule has 0 aliphatic rings. The van der Waals surface area contributed by atoms with E-state index >= 15 is 0 Å². The summed E-state index contributed by atoms with van der Waals surface area (Å²) in [5, 5.41) is 9.81. The van der Waals surface area contributed by atoms with Crippen molar-refractivity contribution in [2.45, 2.75) is 26.7 Å². The fourth-order valence-electron chi connectivity index (χ4n) is 2.02. The second-order valence-corrected chi connectivity index (χ2v) is 4.80. The van der Waals surface area contributed by atoms with E-state index in [0.717, 1.165) is 11.1 Å². The van der Waals surface area contributed by atoms with Crippen molar-refractivity contribution in [3.63, 3.8) is 0 Å². The van der Waals surface area contributed by atoms with Crippen LogP contribution in [0.2, 0.25) is 0 Å². The predicted molar refractivity (Wildman–Crippen MR) is 72.4 cm³/mol. The van der Waals surface area contributed by atoms with Crippen molar-refractivity contribution in [3.05, 3.63) is 53.6 Å². The molecule has 0 spiro atoms. The van der Waals surface area contributed by atoms with Gasteiger partial charge in [0.05, 0.1) is 0 Å². The van der Waals surface area contributed by atoms with E-state index in [0.29, 0.717) is 11.7 Å². The summed E-state index contributed by atoms with van der Waals surface area (Å²) in [7, 11) is 0. The minimum absolute atomic E-state index is 0.333. The fraction of sp³-hybridized carbons (Fsp3) is 0.250. The van der Waals surface area contributed by atoms with Gasteiger partial charge >= 0.3 is 0 Å². The molecule has 0 unspecified atom stereocenters. The first-order valence-electron chi connectivity index (χ1n) is 5.98. The Balaban J connectivity index is 2.50. The molecule has 88 valence electrons. The Kier molecular flexibility index (Phi) is 3.19. The molecule has 1 N–H and O–H groups in total. The lowest BCUT2D eigenvalue weighted by molar-refractivity contribution is 0.465. The third-order valence-electron chi connectivity index (χ3n) is 3.00. The van der Waals surface area contributed by atoms with E-state index in [1.54, 1.807) is 6.07 Å². The zero-order chi connectivity index (χ0) is 12.4. The van der Waals surface area contributed by atoms with Crippen LogP contribution in [-0.4, -0.2) is 5.11 Å². The van der Waals surface area contributed by atoms with Gasteiger partial charge in [0.15, 0.2) is 0 Å². The first kappa shape index (κ1) is 11.7. The average molecular weight is 226 g/mol. The third-order valence-corrected chi connectivity index (χ3v) is 3.00. The molecule has 0 aromatic heterocycles. The predicted octanol–water partition coefficient (Wildman–Crippen LogP) is 4.49. The summed E-state index contributed by atoms with van der Waals surface area (Å²) in [5.41, 5.74) is 4.62. The molecule has 17 heavy (non-hydrogen) atoms. The second-order valence-electron chi connectivity index (χ2n) is 4.80. The van der Waals surface area contributed by atoms with Gasteiger partial charge in [-0.15, -0.1) is 0 Å². The molecule has 0 heterocycles. The maximum atomic E-state index is 9.81. The maximum Gasteiger partial charge on any atom is 0.119 e. The zero-order valence-corrected chi connectivity index (χ0v) is 10.6. The van der Waals surface area contributed by atoms with Gasteiger partial charge in [0.25, 0.3) is 0 Å². The van der Waals surface area contributed by atoms with E-state index in [1.165, 1.54) is 11.1 Å². The summed E-state index contributed by atoms with van der Waals surface area (Å²) in [6, 6.07) is 14.2. The number of phenolic OH excluding ortho intramolecular Hbond substituents is 1. The van der Waals surface area contributed by atoms with Crippen molar-refractivity contribution in [1.29, 1.82) is 0 Å². The summed E-state index contributed by atoms with van der Waals surface area (Å²) in [6.07, 6.45) is 0. The van der Waals surface area contributed by atoms with Crippen LogP contribution in [0.15, 0.2) is 42.5 Å². The molecular formula is C16H18O. The summed E-state index contributed by atoms with van der Waals surface area (Å²) in [5.74, 6) is 0.719. The molecule has 0 saturated heterocycles. The zero-order valence-electron chi connectivity index (χ0n) is 10.6. The Morgan fingerprint density at radius 2 is 1.65 bits per heavy atom. The molecule has 0 aliphatic carbocycles. The van der Waals surface area contributed by atoms with Crippen LogP contribution in [0.25, 0.3) is 11.1 Å². The molecule has 0 radical (unpaired) electrons. The molecule has 1 heteroatoms. The third kappa shape index (κ3) is 2.50. The van der Waals surface area contributed by atoms with Crippen molar-refractivity contribution >= 4 is 0 Å². The van der Waals surface area contributed by atoms with Gasteiger partial charge in [-0.3, -0.25) is 0 Å². The largest absolute Gasteiger partial charge is 0.508 e. The van der Waals surface area contributed by atoms with E-state index in [1.807, 2.05) is 6.07 Å². The summed E-state index contributed by atoms with van der Waals surface area (Å²) in [4.78, 5) is 0. The summed E-state index contributed by atoms with van der Waals surface area (Å²) >= 11 is 0. The van der Waals surface area contributed by atoms with Crippen LogP contribution < -0.4 is 0 Å². The number of aromatic hydroxyl groups is 1. The van der Waals surface area contributed by atoms with Gasteiger partial charge in [0.1, 0.15) is 5.75 Å². The van der Waals surface area contributed by atoms with Gasteiger partial charge in [-0.25, -0.2) is 0 Å². The SMILES string of the molecule is Cc1cccc(-c2ccc(O)c(C(C)C)c2)c1. The number of phenols is 1. The Morgan fingerprint density at radius 3 is 2.29 bits per heavy atom. The number of benzene rings is 2. The Hall–Kier alpha value is -1.76. The smallest absolute Gasteiger partial charge is 0.119 e. The number of rotatable bonds is 2. The van der Waals surface area contributed by atoms with Crippen LogP contribution in [0.3, 0.4) is 0 Å². The molecule has 0 fully saturated rings. The van der Waals surface area contributed by atoms with Crippen molar-refractivity contribution in [1.82, 2.24) is 0 Å². The minimum atomic E-state index is 0.333. The fourth-order valence-corrected chi connectivity index (χ4v) is 2.02. The summed E-state index contributed by atoms with van der Waals surface area (Å²) in [6.45, 7) is 6.28. The highest BCUT2D eigenvalue weighted by Crippen LogP contribution is 2.30. The van der Waals surface area contributed by atoms with E-state index in [4.69, 9.17) is 0 Å². The van der Waals surface area contributed by atoms with Gasteiger partial charge in [-0.1, -0.05) is 49.7 Å². The van der Waals surface area contributed by atoms with Crippen LogP contribution in [0, 0.1) is 6.92 Å². The highest BCUT2D eigenvalue weighted by atomic mass is 16.3. The quantitative estimate of drug-likeness (QED) is 0.799. The molecule has 0 atom stereocenters. The van der Waals surface area contributed by atoms with Crippen molar-refractivity contribution < 1.29 is 5.11 Å². The molecule has 2 aromatic carbocycles. The minimum Gasteiger partial charge on any atom is -0.508 e. The van der Waals surface area contributed by atoms with E-state index < -0.39 is 0 Å². The molecular weight excluding hydrogens is 208 g/mol. The van der Waals surface area contributed by atoms with Gasteiger partial charge < -0.3 is 5.11 Å². The normalized spacial score (nSPS) is 10.8. The van der Waals surface area contributed by atoms with Gasteiger partial charge in [-0.05, 0) is 41.7 Å². The first-order chi connectivity index (χ1) is 8.08. The lowest BCUT2D eigenvalue weighted by Crippen LogP contribution is -1.89. The van der Waals surface area contributed by atoms with E-state index in [-0.39, 0.29) is 0 Å². The molecule has 0 saturated carbocycles. The number of hydrogen-bond acceptors (Lipinski definition) is 1. The van der Waals surface area contributed by atoms with Crippen molar-refractivity contribution in [3.8, 4) is 16.9 Å². The molecule has 0 aliphatic heterocycles. The summed E-state index contributed by atoms with van der Waals surface area (Å²) < 4.78 is 0. The Labute approximate surface area is 103 Å². The monoisotopic (exact) mass is 226 g/mol. The molecule has 2 aromatic rings.